The molecule has 0 saturated carbocycles. The van der Waals surface area contributed by atoms with Gasteiger partial charge in [0.25, 0.3) is 5.91 Å². The number of aromatic nitrogens is 2. The van der Waals surface area contributed by atoms with E-state index >= 15 is 0 Å². The van der Waals surface area contributed by atoms with Crippen molar-refractivity contribution in [3.8, 4) is 5.69 Å². The Morgan fingerprint density at radius 1 is 1.09 bits per heavy atom. The molecule has 2 aromatic carbocycles. The first-order valence-corrected chi connectivity index (χ1v) is 10.2. The van der Waals surface area contributed by atoms with Gasteiger partial charge in [-0.3, -0.25) is 9.59 Å². The van der Waals surface area contributed by atoms with Crippen LogP contribution in [0.15, 0.2) is 48.7 Å². The van der Waals surface area contributed by atoms with Crippen molar-refractivity contribution in [2.24, 2.45) is 0 Å². The topological polar surface area (TPSA) is 78.8 Å². The lowest BCUT2D eigenvalue weighted by atomic mass is 10.2. The fourth-order valence-corrected chi connectivity index (χ4v) is 4.16. The number of likely N-dealkylation sites (tertiary alicyclic amines) is 1. The van der Waals surface area contributed by atoms with Crippen LogP contribution in [0.4, 0.5) is 19.3 Å². The molecule has 2 saturated heterocycles. The summed E-state index contributed by atoms with van der Waals surface area (Å²) in [5.41, 5.74) is 1.07. The molecule has 0 N–H and O–H groups in total. The van der Waals surface area contributed by atoms with Crippen molar-refractivity contribution >= 4 is 34.4 Å². The number of rotatable bonds is 4. The molecule has 1 atom stereocenters. The first-order chi connectivity index (χ1) is 15.4. The molecule has 32 heavy (non-hydrogen) atoms. The van der Waals surface area contributed by atoms with Gasteiger partial charge < -0.3 is 9.80 Å². The second kappa shape index (κ2) is 7.70. The molecule has 0 aliphatic carbocycles. The number of urea groups is 1. The van der Waals surface area contributed by atoms with Gasteiger partial charge in [-0.25, -0.2) is 23.2 Å². The molecule has 3 aromatic rings. The summed E-state index contributed by atoms with van der Waals surface area (Å²) in [7, 11) is 0. The zero-order valence-corrected chi connectivity index (χ0v) is 16.9. The largest absolute Gasteiger partial charge is 0.338 e. The van der Waals surface area contributed by atoms with E-state index in [1.54, 1.807) is 36.4 Å². The molecule has 0 spiro atoms. The van der Waals surface area contributed by atoms with Gasteiger partial charge in [0.1, 0.15) is 30.8 Å². The Balaban J connectivity index is 1.44. The lowest BCUT2D eigenvalue weighted by Crippen LogP contribution is -2.41. The first-order valence-electron chi connectivity index (χ1n) is 10.2. The minimum absolute atomic E-state index is 0.00701. The molecule has 3 heterocycles. The molecule has 4 amide bonds. The van der Waals surface area contributed by atoms with E-state index in [0.29, 0.717) is 23.1 Å². The summed E-state index contributed by atoms with van der Waals surface area (Å²) < 4.78 is 29.1. The van der Waals surface area contributed by atoms with Gasteiger partial charge in [0.15, 0.2) is 0 Å². The second-order valence-electron chi connectivity index (χ2n) is 7.81. The van der Waals surface area contributed by atoms with Crippen LogP contribution in [0.2, 0.25) is 0 Å². The van der Waals surface area contributed by atoms with Crippen LogP contribution in [-0.2, 0) is 9.59 Å². The van der Waals surface area contributed by atoms with Gasteiger partial charge in [0.05, 0.1) is 23.9 Å². The molecule has 5 rings (SSSR count). The van der Waals surface area contributed by atoms with E-state index in [9.17, 15) is 23.2 Å². The van der Waals surface area contributed by atoms with Crippen LogP contribution in [0.25, 0.3) is 16.6 Å². The zero-order valence-electron chi connectivity index (χ0n) is 16.9. The average molecular weight is 439 g/mol. The minimum atomic E-state index is -1.06. The Kier molecular flexibility index (Phi) is 4.84. The zero-order chi connectivity index (χ0) is 22.4. The Hall–Kier alpha value is -3.82. The SMILES string of the molecule is O=C(CN1CC(=O)N(c2cccc3c2cnn3-c2ccccc2F)C1=O)N1CC[C@H](F)C1. The van der Waals surface area contributed by atoms with Crippen LogP contribution < -0.4 is 4.90 Å². The number of anilines is 1. The lowest BCUT2D eigenvalue weighted by Gasteiger charge is -2.21. The van der Waals surface area contributed by atoms with E-state index in [2.05, 4.69) is 5.10 Å². The van der Waals surface area contributed by atoms with Gasteiger partial charge >= 0.3 is 6.03 Å². The van der Waals surface area contributed by atoms with Crippen molar-refractivity contribution in [1.82, 2.24) is 19.6 Å². The summed E-state index contributed by atoms with van der Waals surface area (Å²) in [6.07, 6.45) is 0.686. The maximum Gasteiger partial charge on any atom is 0.332 e. The third kappa shape index (κ3) is 3.28. The Labute approximate surface area is 181 Å². The molecule has 164 valence electrons. The number of carbonyl (C=O) groups excluding carboxylic acids is 3. The monoisotopic (exact) mass is 439 g/mol. The van der Waals surface area contributed by atoms with Gasteiger partial charge in [0.2, 0.25) is 5.91 Å². The number of hydrogen-bond acceptors (Lipinski definition) is 4. The second-order valence-corrected chi connectivity index (χ2v) is 7.81. The molecule has 0 radical (unpaired) electrons. The van der Waals surface area contributed by atoms with Gasteiger partial charge in [-0.2, -0.15) is 5.10 Å². The third-order valence-electron chi connectivity index (χ3n) is 5.76. The van der Waals surface area contributed by atoms with Crippen LogP contribution in [0.5, 0.6) is 0 Å². The Bertz CT molecular complexity index is 1240. The number of nitrogens with zero attached hydrogens (tertiary/aromatic N) is 5. The predicted molar refractivity (Wildman–Crippen MR) is 112 cm³/mol. The minimum Gasteiger partial charge on any atom is -0.338 e. The lowest BCUT2D eigenvalue weighted by molar-refractivity contribution is -0.130. The highest BCUT2D eigenvalue weighted by Crippen LogP contribution is 2.31. The van der Waals surface area contributed by atoms with Crippen LogP contribution >= 0.6 is 0 Å². The van der Waals surface area contributed by atoms with Crippen molar-refractivity contribution in [1.29, 1.82) is 0 Å². The molecule has 10 heteroatoms. The van der Waals surface area contributed by atoms with Crippen LogP contribution in [0.3, 0.4) is 0 Å². The molecule has 0 bridgehead atoms. The molecule has 2 aliphatic heterocycles. The number of imide groups is 1. The summed E-state index contributed by atoms with van der Waals surface area (Å²) in [6.45, 7) is -0.241. The van der Waals surface area contributed by atoms with E-state index in [0.717, 1.165) is 9.80 Å². The van der Waals surface area contributed by atoms with Crippen molar-refractivity contribution < 1.29 is 23.2 Å². The first kappa shape index (κ1) is 20.1. The molecule has 2 fully saturated rings. The van der Waals surface area contributed by atoms with Crippen LogP contribution in [-0.4, -0.2) is 69.8 Å². The van der Waals surface area contributed by atoms with Crippen molar-refractivity contribution in [3.63, 3.8) is 0 Å². The number of benzene rings is 2. The number of fused-ring (bicyclic) bond motifs is 1. The maximum absolute atomic E-state index is 14.3. The summed E-state index contributed by atoms with van der Waals surface area (Å²) in [5.74, 6) is -1.34. The number of halogens is 2. The van der Waals surface area contributed by atoms with Crippen molar-refractivity contribution in [2.75, 3.05) is 31.1 Å². The summed E-state index contributed by atoms with van der Waals surface area (Å²) in [5, 5.41) is 4.74. The summed E-state index contributed by atoms with van der Waals surface area (Å²) >= 11 is 0. The molecule has 0 unspecified atom stereocenters. The highest BCUT2D eigenvalue weighted by Gasteiger charge is 2.40. The van der Waals surface area contributed by atoms with Crippen LogP contribution in [0, 0.1) is 5.82 Å². The summed E-state index contributed by atoms with van der Waals surface area (Å²) in [4.78, 5) is 41.7. The van der Waals surface area contributed by atoms with Gasteiger partial charge in [-0.05, 0) is 30.7 Å². The van der Waals surface area contributed by atoms with Gasteiger partial charge in [-0.15, -0.1) is 0 Å². The highest BCUT2D eigenvalue weighted by atomic mass is 19.1. The maximum atomic E-state index is 14.3. The number of carbonyl (C=O) groups is 3. The van der Waals surface area contributed by atoms with Crippen LogP contribution in [0.1, 0.15) is 6.42 Å². The Morgan fingerprint density at radius 3 is 2.62 bits per heavy atom. The predicted octanol–water partition coefficient (Wildman–Crippen LogP) is 2.50. The molecular formula is C22H19F2N5O3. The van der Waals surface area contributed by atoms with Crippen molar-refractivity contribution in [3.05, 3.63) is 54.5 Å². The fraction of sp³-hybridized carbons (Fsp3) is 0.273. The standard InChI is InChI=1S/C22H19F2N5O3/c23-14-8-9-26(11-14)20(30)12-27-13-21(31)28(22(27)32)17-6-3-7-18-15(17)10-25-29(18)19-5-2-1-4-16(19)24/h1-7,10,14H,8-9,11-13H2/t14-/m0/s1. The van der Waals surface area contributed by atoms with Gasteiger partial charge in [0, 0.05) is 11.9 Å². The normalized spacial score (nSPS) is 18.9. The number of amides is 4. The summed E-state index contributed by atoms with van der Waals surface area (Å²) in [6, 6.07) is 10.5. The molecule has 2 aliphatic rings. The fourth-order valence-electron chi connectivity index (χ4n) is 4.16. The van der Waals surface area contributed by atoms with Gasteiger partial charge in [-0.1, -0.05) is 18.2 Å². The quantitative estimate of drug-likeness (QED) is 0.586. The van der Waals surface area contributed by atoms with Crippen molar-refractivity contribution in [2.45, 2.75) is 12.6 Å². The van der Waals surface area contributed by atoms with E-state index in [-0.39, 0.29) is 31.7 Å². The molecule has 8 nitrogen and oxygen atoms in total. The Morgan fingerprint density at radius 2 is 1.88 bits per heavy atom. The molecule has 1 aromatic heterocycles. The molecular weight excluding hydrogens is 420 g/mol. The number of para-hydroxylation sites is 1. The highest BCUT2D eigenvalue weighted by molar-refractivity contribution is 6.23. The van der Waals surface area contributed by atoms with E-state index in [4.69, 9.17) is 0 Å². The number of alkyl halides is 1. The number of hydrogen-bond donors (Lipinski definition) is 0. The van der Waals surface area contributed by atoms with E-state index < -0.39 is 29.8 Å². The average Bonchev–Trinajstić information content (AvgIpc) is 3.46. The smallest absolute Gasteiger partial charge is 0.332 e. The van der Waals surface area contributed by atoms with E-state index in [1.807, 2.05) is 0 Å². The van der Waals surface area contributed by atoms with E-state index in [1.165, 1.54) is 21.8 Å². The third-order valence-corrected chi connectivity index (χ3v) is 5.76.